The quantitative estimate of drug-likeness (QED) is 0.712. The zero-order chi connectivity index (χ0) is 19.4. The van der Waals surface area contributed by atoms with Crippen molar-refractivity contribution < 1.29 is 19.4 Å². The summed E-state index contributed by atoms with van der Waals surface area (Å²) in [6.45, 7) is 2.14. The second-order valence-corrected chi connectivity index (χ2v) is 7.21. The molecule has 27 heavy (non-hydrogen) atoms. The summed E-state index contributed by atoms with van der Waals surface area (Å²) >= 11 is 0.902. The summed E-state index contributed by atoms with van der Waals surface area (Å²) in [4.78, 5) is 26.6. The number of nitrogens with zero attached hydrogens (tertiary/aromatic N) is 1. The van der Waals surface area contributed by atoms with Gasteiger partial charge in [-0.05, 0) is 66.1 Å². The monoisotopic (exact) mass is 383 g/mol. The molecule has 0 unspecified atom stereocenters. The molecule has 0 radical (unpaired) electrons. The van der Waals surface area contributed by atoms with Crippen molar-refractivity contribution in [1.29, 1.82) is 0 Å². The first-order valence-corrected chi connectivity index (χ1v) is 9.59. The molecule has 1 aliphatic rings. The third-order valence-corrected chi connectivity index (χ3v) is 5.18. The molecular formula is C21H21NO4S. The lowest BCUT2D eigenvalue weighted by Crippen LogP contribution is -2.27. The number of carbonyl (C=O) groups is 2. The number of unbranched alkanes of at least 4 members (excludes halogenated alkanes) is 1. The Morgan fingerprint density at radius 1 is 1.15 bits per heavy atom. The Morgan fingerprint density at radius 3 is 2.56 bits per heavy atom. The van der Waals surface area contributed by atoms with Crippen LogP contribution in [0.4, 0.5) is 10.5 Å². The summed E-state index contributed by atoms with van der Waals surface area (Å²) in [5, 5.41) is 9.36. The van der Waals surface area contributed by atoms with Gasteiger partial charge in [-0.15, -0.1) is 0 Å². The molecule has 1 saturated heterocycles. The fraction of sp³-hybridized carbons (Fsp3) is 0.238. The number of rotatable bonds is 6. The number of benzene rings is 2. The van der Waals surface area contributed by atoms with Gasteiger partial charge in [0.25, 0.3) is 11.1 Å². The summed E-state index contributed by atoms with van der Waals surface area (Å²) in [5.74, 6) is -0.0186. The van der Waals surface area contributed by atoms with E-state index >= 15 is 0 Å². The molecule has 0 atom stereocenters. The van der Waals surface area contributed by atoms with Crippen LogP contribution in [0.5, 0.6) is 11.5 Å². The molecular weight excluding hydrogens is 362 g/mol. The van der Waals surface area contributed by atoms with E-state index in [2.05, 4.69) is 6.92 Å². The van der Waals surface area contributed by atoms with E-state index in [1.807, 2.05) is 24.3 Å². The van der Waals surface area contributed by atoms with Crippen molar-refractivity contribution >= 4 is 34.7 Å². The minimum Gasteiger partial charge on any atom is -0.504 e. The maximum atomic E-state index is 12.7. The first-order chi connectivity index (χ1) is 13.0. The van der Waals surface area contributed by atoms with Crippen molar-refractivity contribution in [3.05, 3.63) is 58.5 Å². The Morgan fingerprint density at radius 2 is 1.89 bits per heavy atom. The highest BCUT2D eigenvalue weighted by molar-refractivity contribution is 8.19. The number of amides is 2. The molecule has 1 aliphatic heterocycles. The van der Waals surface area contributed by atoms with Crippen molar-refractivity contribution in [2.75, 3.05) is 12.0 Å². The Bertz CT molecular complexity index is 890. The van der Waals surface area contributed by atoms with Gasteiger partial charge in [-0.2, -0.15) is 0 Å². The molecule has 1 N–H and O–H groups in total. The van der Waals surface area contributed by atoms with Crippen LogP contribution < -0.4 is 9.64 Å². The molecule has 3 rings (SSSR count). The van der Waals surface area contributed by atoms with Gasteiger partial charge in [0.1, 0.15) is 0 Å². The largest absolute Gasteiger partial charge is 0.504 e. The predicted octanol–water partition coefficient (Wildman–Crippen LogP) is 4.98. The lowest BCUT2D eigenvalue weighted by atomic mass is 10.1. The van der Waals surface area contributed by atoms with Crippen LogP contribution in [-0.2, 0) is 11.2 Å². The smallest absolute Gasteiger partial charge is 0.298 e. The van der Waals surface area contributed by atoms with Crippen LogP contribution in [-0.4, -0.2) is 23.4 Å². The number of hydrogen-bond donors (Lipinski definition) is 1. The van der Waals surface area contributed by atoms with E-state index in [1.54, 1.807) is 18.2 Å². The van der Waals surface area contributed by atoms with Crippen molar-refractivity contribution in [1.82, 2.24) is 0 Å². The highest BCUT2D eigenvalue weighted by atomic mass is 32.2. The molecule has 1 fully saturated rings. The number of aromatic hydroxyl groups is 1. The number of thioether (sulfide) groups is 1. The Balaban J connectivity index is 1.82. The number of ether oxygens (including phenoxy) is 1. The number of hydrogen-bond acceptors (Lipinski definition) is 5. The molecule has 6 heteroatoms. The third kappa shape index (κ3) is 4.17. The van der Waals surface area contributed by atoms with Crippen molar-refractivity contribution in [2.45, 2.75) is 26.2 Å². The maximum Gasteiger partial charge on any atom is 0.298 e. The van der Waals surface area contributed by atoms with E-state index in [9.17, 15) is 14.7 Å². The van der Waals surface area contributed by atoms with E-state index in [0.717, 1.165) is 31.0 Å². The standard InChI is InChI=1S/C21H21NO4S/c1-3-4-5-14-6-9-16(10-7-14)22-20(24)19(27-21(22)25)13-15-8-11-17(23)18(12-15)26-2/h6-13,23H,3-5H2,1-2H3/b19-13-. The second-order valence-electron chi connectivity index (χ2n) is 6.22. The lowest BCUT2D eigenvalue weighted by Gasteiger charge is -2.13. The lowest BCUT2D eigenvalue weighted by molar-refractivity contribution is -0.113. The predicted molar refractivity (Wildman–Crippen MR) is 108 cm³/mol. The molecule has 2 aromatic carbocycles. The Labute approximate surface area is 162 Å². The van der Waals surface area contributed by atoms with Gasteiger partial charge >= 0.3 is 0 Å². The zero-order valence-electron chi connectivity index (χ0n) is 15.3. The maximum absolute atomic E-state index is 12.7. The van der Waals surface area contributed by atoms with Crippen LogP contribution in [0.15, 0.2) is 47.4 Å². The van der Waals surface area contributed by atoms with Crippen LogP contribution in [0.25, 0.3) is 6.08 Å². The second kappa shape index (κ2) is 8.31. The van der Waals surface area contributed by atoms with Crippen LogP contribution >= 0.6 is 11.8 Å². The van der Waals surface area contributed by atoms with Crippen molar-refractivity contribution in [3.8, 4) is 11.5 Å². The number of anilines is 1. The van der Waals surface area contributed by atoms with Gasteiger partial charge in [0, 0.05) is 0 Å². The summed E-state index contributed by atoms with van der Waals surface area (Å²) in [6, 6.07) is 12.3. The fourth-order valence-corrected chi connectivity index (χ4v) is 3.66. The van der Waals surface area contributed by atoms with Crippen LogP contribution in [0, 0.1) is 0 Å². The average Bonchev–Trinajstić information content (AvgIpc) is 2.95. The van der Waals surface area contributed by atoms with Gasteiger partial charge in [0.2, 0.25) is 0 Å². The number of methoxy groups -OCH3 is 1. The Kier molecular flexibility index (Phi) is 5.86. The van der Waals surface area contributed by atoms with Crippen LogP contribution in [0.3, 0.4) is 0 Å². The molecule has 0 aromatic heterocycles. The van der Waals surface area contributed by atoms with Gasteiger partial charge in [0.05, 0.1) is 17.7 Å². The molecule has 0 spiro atoms. The Hall–Kier alpha value is -2.73. The zero-order valence-corrected chi connectivity index (χ0v) is 16.1. The van der Waals surface area contributed by atoms with E-state index in [-0.39, 0.29) is 16.9 Å². The topological polar surface area (TPSA) is 66.8 Å². The van der Waals surface area contributed by atoms with E-state index in [1.165, 1.54) is 23.6 Å². The van der Waals surface area contributed by atoms with Gasteiger partial charge < -0.3 is 9.84 Å². The first kappa shape index (κ1) is 19.0. The summed E-state index contributed by atoms with van der Waals surface area (Å²) in [5.41, 5.74) is 2.44. The summed E-state index contributed by atoms with van der Waals surface area (Å²) < 4.78 is 5.08. The normalized spacial score (nSPS) is 15.6. The van der Waals surface area contributed by atoms with E-state index in [0.29, 0.717) is 21.9 Å². The minimum absolute atomic E-state index is 0.0194. The van der Waals surface area contributed by atoms with Crippen molar-refractivity contribution in [3.63, 3.8) is 0 Å². The molecule has 1 heterocycles. The molecule has 0 bridgehead atoms. The number of phenols is 1. The summed E-state index contributed by atoms with van der Waals surface area (Å²) in [6.07, 6.45) is 4.85. The molecule has 0 saturated carbocycles. The summed E-state index contributed by atoms with van der Waals surface area (Å²) in [7, 11) is 1.46. The average molecular weight is 383 g/mol. The molecule has 5 nitrogen and oxygen atoms in total. The SMILES string of the molecule is CCCCc1ccc(N2C(=O)S/C(=C\c3ccc(O)c(OC)c3)C2=O)cc1. The highest BCUT2D eigenvalue weighted by Gasteiger charge is 2.36. The van der Waals surface area contributed by atoms with E-state index < -0.39 is 0 Å². The van der Waals surface area contributed by atoms with Gasteiger partial charge in [0.15, 0.2) is 11.5 Å². The van der Waals surface area contributed by atoms with Gasteiger partial charge in [-0.25, -0.2) is 4.90 Å². The van der Waals surface area contributed by atoms with Gasteiger partial charge in [-0.3, -0.25) is 9.59 Å². The number of carbonyl (C=O) groups excluding carboxylic acids is 2. The molecule has 140 valence electrons. The van der Waals surface area contributed by atoms with E-state index in [4.69, 9.17) is 4.74 Å². The highest BCUT2D eigenvalue weighted by Crippen LogP contribution is 2.36. The first-order valence-electron chi connectivity index (χ1n) is 8.77. The van der Waals surface area contributed by atoms with Crippen LogP contribution in [0.2, 0.25) is 0 Å². The number of aryl methyl sites for hydroxylation is 1. The van der Waals surface area contributed by atoms with Crippen molar-refractivity contribution in [2.24, 2.45) is 0 Å². The third-order valence-electron chi connectivity index (χ3n) is 4.31. The fourth-order valence-electron chi connectivity index (χ4n) is 2.82. The van der Waals surface area contributed by atoms with Gasteiger partial charge in [-0.1, -0.05) is 31.5 Å². The molecule has 0 aliphatic carbocycles. The number of imide groups is 1. The molecule has 2 amide bonds. The number of phenolic OH excluding ortho intramolecular Hbond substituents is 1. The van der Waals surface area contributed by atoms with Crippen LogP contribution in [0.1, 0.15) is 30.9 Å². The molecule has 2 aromatic rings. The minimum atomic E-state index is -0.349.